The monoisotopic (exact) mass is 228 g/mol. The van der Waals surface area contributed by atoms with Gasteiger partial charge >= 0.3 is 0 Å². The van der Waals surface area contributed by atoms with Gasteiger partial charge in [0.2, 0.25) is 0 Å². The van der Waals surface area contributed by atoms with Crippen LogP contribution in [0.5, 0.6) is 5.75 Å². The van der Waals surface area contributed by atoms with E-state index in [1.165, 1.54) is 6.08 Å². The highest BCUT2D eigenvalue weighted by Crippen LogP contribution is 2.24. The highest BCUT2D eigenvalue weighted by molar-refractivity contribution is 5.74. The number of methoxy groups -OCH3 is 1. The summed E-state index contributed by atoms with van der Waals surface area (Å²) in [4.78, 5) is 10.3. The van der Waals surface area contributed by atoms with Crippen LogP contribution in [0.2, 0.25) is 0 Å². The molecule has 0 radical (unpaired) electrons. The van der Waals surface area contributed by atoms with Crippen molar-refractivity contribution >= 4 is 12.4 Å². The Labute approximate surface area is 99.1 Å². The molecule has 4 heteroatoms. The van der Waals surface area contributed by atoms with Crippen LogP contribution in [-0.2, 0) is 4.79 Å². The third-order valence-electron chi connectivity index (χ3n) is 2.32. The molecule has 0 spiro atoms. The van der Waals surface area contributed by atoms with Gasteiger partial charge in [-0.15, -0.1) is 0 Å². The zero-order valence-corrected chi connectivity index (χ0v) is 9.41. The molecule has 1 aromatic heterocycles. The second-order valence-corrected chi connectivity index (χ2v) is 3.38. The molecule has 17 heavy (non-hydrogen) atoms. The number of ether oxygens (including phenoxy) is 1. The van der Waals surface area contributed by atoms with Gasteiger partial charge in [0.25, 0.3) is 0 Å². The molecule has 86 valence electrons. The lowest BCUT2D eigenvalue weighted by Gasteiger charge is -2.09. The van der Waals surface area contributed by atoms with E-state index in [4.69, 9.17) is 4.74 Å². The summed E-state index contributed by atoms with van der Waals surface area (Å²) in [5.41, 5.74) is 1.77. The van der Waals surface area contributed by atoms with Crippen LogP contribution in [0.1, 0.15) is 5.56 Å². The predicted molar refractivity (Wildman–Crippen MR) is 65.2 cm³/mol. The highest BCUT2D eigenvalue weighted by atomic mass is 16.5. The molecule has 2 rings (SSSR count). The number of benzene rings is 1. The average Bonchev–Trinajstić information content (AvgIpc) is 2.89. The van der Waals surface area contributed by atoms with Crippen LogP contribution in [0.4, 0.5) is 0 Å². The van der Waals surface area contributed by atoms with Crippen molar-refractivity contribution in [3.8, 4) is 11.4 Å². The molecular weight excluding hydrogens is 216 g/mol. The zero-order chi connectivity index (χ0) is 12.1. The Morgan fingerprint density at radius 2 is 2.29 bits per heavy atom. The first-order chi connectivity index (χ1) is 8.35. The van der Waals surface area contributed by atoms with Crippen LogP contribution in [-0.4, -0.2) is 23.2 Å². The van der Waals surface area contributed by atoms with Crippen molar-refractivity contribution in [1.29, 1.82) is 0 Å². The van der Waals surface area contributed by atoms with E-state index >= 15 is 0 Å². The minimum Gasteiger partial charge on any atom is -0.494 e. The van der Waals surface area contributed by atoms with Crippen molar-refractivity contribution in [2.24, 2.45) is 0 Å². The normalized spacial score (nSPS) is 10.6. The third-order valence-corrected chi connectivity index (χ3v) is 2.32. The van der Waals surface area contributed by atoms with E-state index in [0.29, 0.717) is 5.75 Å². The maximum atomic E-state index is 10.3. The second kappa shape index (κ2) is 5.12. The van der Waals surface area contributed by atoms with E-state index in [0.717, 1.165) is 17.5 Å². The van der Waals surface area contributed by atoms with Crippen LogP contribution in [0.15, 0.2) is 42.7 Å². The Morgan fingerprint density at radius 3 is 2.94 bits per heavy atom. The molecule has 0 aliphatic heterocycles. The van der Waals surface area contributed by atoms with Gasteiger partial charge in [-0.2, -0.15) is 5.10 Å². The number of hydrogen-bond acceptors (Lipinski definition) is 3. The Balaban J connectivity index is 2.42. The van der Waals surface area contributed by atoms with Crippen molar-refractivity contribution in [3.05, 3.63) is 48.3 Å². The molecule has 0 aliphatic rings. The van der Waals surface area contributed by atoms with Crippen LogP contribution in [0.3, 0.4) is 0 Å². The van der Waals surface area contributed by atoms with Gasteiger partial charge in [-0.25, -0.2) is 4.68 Å². The smallest absolute Gasteiger partial charge is 0.145 e. The molecule has 0 N–H and O–H groups in total. The molecule has 4 nitrogen and oxygen atoms in total. The molecule has 0 fully saturated rings. The van der Waals surface area contributed by atoms with Gasteiger partial charge in [0, 0.05) is 12.4 Å². The Kier molecular flexibility index (Phi) is 3.35. The van der Waals surface area contributed by atoms with E-state index in [-0.39, 0.29) is 0 Å². The van der Waals surface area contributed by atoms with Crippen LogP contribution >= 0.6 is 0 Å². The predicted octanol–water partition coefficient (Wildman–Crippen LogP) is 2.09. The van der Waals surface area contributed by atoms with Gasteiger partial charge in [0.15, 0.2) is 0 Å². The molecule has 0 atom stereocenters. The molecule has 0 amide bonds. The molecule has 2 aromatic rings. The summed E-state index contributed by atoms with van der Waals surface area (Å²) in [5, 5.41) is 4.15. The first kappa shape index (κ1) is 11.1. The topological polar surface area (TPSA) is 44.1 Å². The summed E-state index contributed by atoms with van der Waals surface area (Å²) in [6.45, 7) is 0. The molecular formula is C13H12N2O2. The fraction of sp³-hybridized carbons (Fsp3) is 0.0769. The summed E-state index contributed by atoms with van der Waals surface area (Å²) in [6, 6.07) is 7.51. The first-order valence-corrected chi connectivity index (χ1v) is 5.15. The molecule has 0 unspecified atom stereocenters. The first-order valence-electron chi connectivity index (χ1n) is 5.15. The van der Waals surface area contributed by atoms with E-state index in [1.54, 1.807) is 24.1 Å². The quantitative estimate of drug-likeness (QED) is 0.594. The van der Waals surface area contributed by atoms with Crippen molar-refractivity contribution in [2.75, 3.05) is 7.11 Å². The number of rotatable bonds is 4. The van der Waals surface area contributed by atoms with Crippen LogP contribution < -0.4 is 4.74 Å². The molecule has 0 bridgehead atoms. The van der Waals surface area contributed by atoms with Crippen molar-refractivity contribution in [2.45, 2.75) is 0 Å². The van der Waals surface area contributed by atoms with Gasteiger partial charge in [-0.3, -0.25) is 4.79 Å². The molecule has 0 aliphatic carbocycles. The second-order valence-electron chi connectivity index (χ2n) is 3.38. The SMILES string of the molecule is COc1cc(/C=C/C=O)ccc1-n1cccn1. The van der Waals surface area contributed by atoms with Crippen LogP contribution in [0.25, 0.3) is 11.8 Å². The summed E-state index contributed by atoms with van der Waals surface area (Å²) >= 11 is 0. The van der Waals surface area contributed by atoms with E-state index < -0.39 is 0 Å². The van der Waals surface area contributed by atoms with Gasteiger partial charge in [0.05, 0.1) is 7.11 Å². The number of carbonyl (C=O) groups excluding carboxylic acids is 1. The standard InChI is InChI=1S/C13H12N2O2/c1-17-13-10-11(4-2-9-16)5-6-12(13)15-8-3-7-14-15/h2-10H,1H3/b4-2+. The summed E-state index contributed by atoms with van der Waals surface area (Å²) < 4.78 is 7.03. The summed E-state index contributed by atoms with van der Waals surface area (Å²) in [7, 11) is 1.61. The van der Waals surface area contributed by atoms with Crippen molar-refractivity contribution in [3.63, 3.8) is 0 Å². The number of allylic oxidation sites excluding steroid dienone is 1. The van der Waals surface area contributed by atoms with Gasteiger partial charge in [-0.1, -0.05) is 12.1 Å². The fourth-order valence-electron chi connectivity index (χ4n) is 1.55. The number of carbonyl (C=O) groups is 1. The number of aromatic nitrogens is 2. The Bertz CT molecular complexity index is 530. The van der Waals surface area contributed by atoms with E-state index in [1.807, 2.05) is 30.5 Å². The number of hydrogen-bond donors (Lipinski definition) is 0. The highest BCUT2D eigenvalue weighted by Gasteiger charge is 2.05. The summed E-state index contributed by atoms with van der Waals surface area (Å²) in [5.74, 6) is 0.710. The van der Waals surface area contributed by atoms with Gasteiger partial charge in [-0.05, 0) is 29.8 Å². The molecule has 0 saturated heterocycles. The third kappa shape index (κ3) is 2.42. The van der Waals surface area contributed by atoms with E-state index in [2.05, 4.69) is 5.10 Å². The lowest BCUT2D eigenvalue weighted by molar-refractivity contribution is -0.104. The van der Waals surface area contributed by atoms with Gasteiger partial charge in [0.1, 0.15) is 17.7 Å². The lowest BCUT2D eigenvalue weighted by Crippen LogP contribution is -1.98. The minimum atomic E-state index is 0.710. The van der Waals surface area contributed by atoms with Crippen LogP contribution in [0, 0.1) is 0 Å². The maximum Gasteiger partial charge on any atom is 0.145 e. The molecule has 1 heterocycles. The Hall–Kier alpha value is -2.36. The molecule has 0 saturated carbocycles. The Morgan fingerprint density at radius 1 is 1.41 bits per heavy atom. The lowest BCUT2D eigenvalue weighted by atomic mass is 10.1. The maximum absolute atomic E-state index is 10.3. The van der Waals surface area contributed by atoms with Gasteiger partial charge < -0.3 is 4.74 Å². The van der Waals surface area contributed by atoms with Crippen molar-refractivity contribution < 1.29 is 9.53 Å². The fourth-order valence-corrected chi connectivity index (χ4v) is 1.55. The van der Waals surface area contributed by atoms with Crippen molar-refractivity contribution in [1.82, 2.24) is 9.78 Å². The zero-order valence-electron chi connectivity index (χ0n) is 9.41. The summed E-state index contributed by atoms with van der Waals surface area (Å²) in [6.07, 6.45) is 7.47. The molecule has 1 aromatic carbocycles. The van der Waals surface area contributed by atoms with E-state index in [9.17, 15) is 4.79 Å². The largest absolute Gasteiger partial charge is 0.494 e. The number of aldehydes is 1. The average molecular weight is 228 g/mol. The minimum absolute atomic E-state index is 0.710. The number of nitrogens with zero attached hydrogens (tertiary/aromatic N) is 2.